The van der Waals surface area contributed by atoms with E-state index >= 15 is 0 Å². The highest BCUT2D eigenvalue weighted by Gasteiger charge is 2.19. The van der Waals surface area contributed by atoms with E-state index in [2.05, 4.69) is 22.5 Å². The first-order valence-electron chi connectivity index (χ1n) is 6.55. The number of hydrogen-bond acceptors (Lipinski definition) is 2. The van der Waals surface area contributed by atoms with Gasteiger partial charge in [-0.1, -0.05) is 0 Å². The maximum atomic E-state index is 5.56. The molecule has 0 aromatic carbocycles. The molecule has 2 N–H and O–H groups in total. The molecule has 1 saturated carbocycles. The molecule has 5 heteroatoms. The smallest absolute Gasteiger partial charge is 0.191 e. The average Bonchev–Trinajstić information content (AvgIpc) is 2.72. The number of nitrogens with zero attached hydrogens (tertiary/aromatic N) is 1. The van der Waals surface area contributed by atoms with Gasteiger partial charge in [-0.05, 0) is 39.0 Å². The fourth-order valence-corrected chi connectivity index (χ4v) is 2.05. The van der Waals surface area contributed by atoms with Crippen LogP contribution in [0.3, 0.4) is 0 Å². The van der Waals surface area contributed by atoms with Gasteiger partial charge in [0.15, 0.2) is 5.96 Å². The lowest BCUT2D eigenvalue weighted by Gasteiger charge is -2.28. The number of guanidine groups is 1. The van der Waals surface area contributed by atoms with Crippen molar-refractivity contribution in [1.82, 2.24) is 10.6 Å². The third-order valence-electron chi connectivity index (χ3n) is 3.27. The summed E-state index contributed by atoms with van der Waals surface area (Å²) in [5.74, 6) is 0.961. The highest BCUT2D eigenvalue weighted by Crippen LogP contribution is 2.17. The van der Waals surface area contributed by atoms with Crippen LogP contribution in [0.4, 0.5) is 0 Å². The van der Waals surface area contributed by atoms with Crippen molar-refractivity contribution in [3.05, 3.63) is 0 Å². The zero-order valence-electron chi connectivity index (χ0n) is 10.6. The molecular formula is C12H24IN3O. The number of aliphatic imine (C=N–C) groups is 1. The summed E-state index contributed by atoms with van der Waals surface area (Å²) in [5, 5.41) is 6.75. The fraction of sp³-hybridized carbons (Fsp3) is 0.917. The monoisotopic (exact) mass is 353 g/mol. The van der Waals surface area contributed by atoms with E-state index in [1.807, 2.05) is 0 Å². The van der Waals surface area contributed by atoms with Gasteiger partial charge in [0.05, 0.1) is 12.6 Å². The molecule has 1 saturated heterocycles. The molecule has 17 heavy (non-hydrogen) atoms. The van der Waals surface area contributed by atoms with Crippen molar-refractivity contribution in [2.75, 3.05) is 19.7 Å². The van der Waals surface area contributed by atoms with E-state index in [1.165, 1.54) is 25.7 Å². The highest BCUT2D eigenvalue weighted by atomic mass is 127. The topological polar surface area (TPSA) is 45.7 Å². The molecule has 2 rings (SSSR count). The quantitative estimate of drug-likeness (QED) is 0.461. The summed E-state index contributed by atoms with van der Waals surface area (Å²) in [4.78, 5) is 4.59. The van der Waals surface area contributed by atoms with Crippen molar-refractivity contribution in [3.8, 4) is 0 Å². The maximum Gasteiger partial charge on any atom is 0.191 e. The molecule has 0 aromatic rings. The minimum absolute atomic E-state index is 0. The molecule has 1 heterocycles. The van der Waals surface area contributed by atoms with Gasteiger partial charge in [-0.25, -0.2) is 0 Å². The Morgan fingerprint density at radius 1 is 1.29 bits per heavy atom. The van der Waals surface area contributed by atoms with Gasteiger partial charge in [0.2, 0.25) is 0 Å². The number of halogens is 1. The molecule has 0 aromatic heterocycles. The lowest BCUT2D eigenvalue weighted by Crippen LogP contribution is -2.46. The van der Waals surface area contributed by atoms with E-state index in [-0.39, 0.29) is 24.0 Å². The number of nitrogens with one attached hydrogen (secondary N) is 2. The second kappa shape index (κ2) is 8.13. The Labute approximate surface area is 121 Å². The molecule has 1 aliphatic carbocycles. The second-order valence-electron chi connectivity index (χ2n) is 4.63. The molecule has 0 amide bonds. The Bertz CT molecular complexity index is 238. The Kier molecular flexibility index (Phi) is 7.18. The molecule has 100 valence electrons. The van der Waals surface area contributed by atoms with Gasteiger partial charge >= 0.3 is 0 Å². The zero-order chi connectivity index (χ0) is 11.2. The number of hydrogen-bond donors (Lipinski definition) is 2. The van der Waals surface area contributed by atoms with Crippen molar-refractivity contribution in [2.45, 2.75) is 51.2 Å². The Balaban J connectivity index is 0.00000144. The highest BCUT2D eigenvalue weighted by molar-refractivity contribution is 14.0. The van der Waals surface area contributed by atoms with Crippen LogP contribution in [-0.2, 0) is 4.74 Å². The fourth-order valence-electron chi connectivity index (χ4n) is 2.05. The van der Waals surface area contributed by atoms with E-state index in [4.69, 9.17) is 4.74 Å². The van der Waals surface area contributed by atoms with Crippen molar-refractivity contribution >= 4 is 29.9 Å². The van der Waals surface area contributed by atoms with E-state index < -0.39 is 0 Å². The summed E-state index contributed by atoms with van der Waals surface area (Å²) in [6.45, 7) is 4.73. The van der Waals surface area contributed by atoms with Gasteiger partial charge < -0.3 is 15.4 Å². The first-order valence-corrected chi connectivity index (χ1v) is 6.55. The molecule has 4 nitrogen and oxygen atoms in total. The Morgan fingerprint density at radius 3 is 2.65 bits per heavy atom. The van der Waals surface area contributed by atoms with Crippen molar-refractivity contribution in [3.63, 3.8) is 0 Å². The van der Waals surface area contributed by atoms with Crippen LogP contribution in [-0.4, -0.2) is 37.8 Å². The predicted octanol–water partition coefficient (Wildman–Crippen LogP) is 1.89. The Hall–Kier alpha value is -0.0400. The van der Waals surface area contributed by atoms with Gasteiger partial charge in [0, 0.05) is 19.2 Å². The van der Waals surface area contributed by atoms with Crippen molar-refractivity contribution < 1.29 is 4.74 Å². The van der Waals surface area contributed by atoms with Gasteiger partial charge in [0.1, 0.15) is 0 Å². The minimum atomic E-state index is 0. The SMILES string of the molecule is CCNC(=NCC1CCCO1)NC1CCC1.I. The predicted molar refractivity (Wildman–Crippen MR) is 81.1 cm³/mol. The second-order valence-corrected chi connectivity index (χ2v) is 4.63. The van der Waals surface area contributed by atoms with Gasteiger partial charge in [-0.2, -0.15) is 0 Å². The summed E-state index contributed by atoms with van der Waals surface area (Å²) in [6, 6.07) is 0.641. The third kappa shape index (κ3) is 4.99. The van der Waals surface area contributed by atoms with E-state index in [9.17, 15) is 0 Å². The van der Waals surface area contributed by atoms with Crippen LogP contribution in [0.5, 0.6) is 0 Å². The van der Waals surface area contributed by atoms with E-state index in [0.717, 1.165) is 32.1 Å². The van der Waals surface area contributed by atoms with E-state index in [1.54, 1.807) is 0 Å². The largest absolute Gasteiger partial charge is 0.376 e. The van der Waals surface area contributed by atoms with Crippen LogP contribution < -0.4 is 10.6 Å². The normalized spacial score (nSPS) is 25.0. The average molecular weight is 353 g/mol. The molecule has 1 aliphatic heterocycles. The summed E-state index contributed by atoms with van der Waals surface area (Å²) >= 11 is 0. The summed E-state index contributed by atoms with van der Waals surface area (Å²) in [6.07, 6.45) is 6.60. The molecule has 0 spiro atoms. The maximum absolute atomic E-state index is 5.56. The van der Waals surface area contributed by atoms with Crippen LogP contribution in [0.25, 0.3) is 0 Å². The molecule has 1 atom stereocenters. The van der Waals surface area contributed by atoms with Crippen LogP contribution in [0.15, 0.2) is 4.99 Å². The standard InChI is InChI=1S/C12H23N3O.HI/c1-2-13-12(15-10-5-3-6-10)14-9-11-7-4-8-16-11;/h10-11H,2-9H2,1H3,(H2,13,14,15);1H. The summed E-state index contributed by atoms with van der Waals surface area (Å²) in [5.41, 5.74) is 0. The van der Waals surface area contributed by atoms with Gasteiger partial charge in [-0.15, -0.1) is 24.0 Å². The van der Waals surface area contributed by atoms with Crippen molar-refractivity contribution in [2.24, 2.45) is 4.99 Å². The van der Waals surface area contributed by atoms with Gasteiger partial charge in [0.25, 0.3) is 0 Å². The minimum Gasteiger partial charge on any atom is -0.376 e. The first kappa shape index (κ1) is 15.0. The first-order chi connectivity index (χ1) is 7.88. The molecular weight excluding hydrogens is 329 g/mol. The van der Waals surface area contributed by atoms with Gasteiger partial charge in [-0.3, -0.25) is 4.99 Å². The number of ether oxygens (including phenoxy) is 1. The third-order valence-corrected chi connectivity index (χ3v) is 3.27. The molecule has 2 aliphatic rings. The molecule has 1 unspecified atom stereocenters. The lowest BCUT2D eigenvalue weighted by molar-refractivity contribution is 0.117. The summed E-state index contributed by atoms with van der Waals surface area (Å²) in [7, 11) is 0. The van der Waals surface area contributed by atoms with Crippen molar-refractivity contribution in [1.29, 1.82) is 0 Å². The zero-order valence-corrected chi connectivity index (χ0v) is 12.9. The van der Waals surface area contributed by atoms with Crippen LogP contribution in [0, 0.1) is 0 Å². The lowest BCUT2D eigenvalue weighted by atomic mass is 9.93. The van der Waals surface area contributed by atoms with Crippen LogP contribution in [0.2, 0.25) is 0 Å². The Morgan fingerprint density at radius 2 is 2.12 bits per heavy atom. The molecule has 0 radical (unpaired) electrons. The summed E-state index contributed by atoms with van der Waals surface area (Å²) < 4.78 is 5.56. The van der Waals surface area contributed by atoms with E-state index in [0.29, 0.717) is 12.1 Å². The molecule has 0 bridgehead atoms. The van der Waals surface area contributed by atoms with Crippen LogP contribution in [0.1, 0.15) is 39.0 Å². The number of rotatable bonds is 4. The van der Waals surface area contributed by atoms with Crippen LogP contribution >= 0.6 is 24.0 Å². The molecule has 2 fully saturated rings.